The number of aromatic nitrogens is 3. The highest BCUT2D eigenvalue weighted by atomic mass is 32.2. The third kappa shape index (κ3) is 4.61. The lowest BCUT2D eigenvalue weighted by Crippen LogP contribution is -2.25. The van der Waals surface area contributed by atoms with Crippen LogP contribution in [0.1, 0.15) is 60.6 Å². The summed E-state index contributed by atoms with van der Waals surface area (Å²) >= 11 is 1.56. The molecule has 4 heterocycles. The molecule has 0 bridgehead atoms. The molecule has 1 saturated heterocycles. The van der Waals surface area contributed by atoms with Gasteiger partial charge >= 0.3 is 0 Å². The molecule has 1 atom stereocenters. The summed E-state index contributed by atoms with van der Waals surface area (Å²) in [4.78, 5) is 19.1. The highest BCUT2D eigenvalue weighted by Crippen LogP contribution is 2.33. The predicted molar refractivity (Wildman–Crippen MR) is 131 cm³/mol. The predicted octanol–water partition coefficient (Wildman–Crippen LogP) is 4.45. The fourth-order valence-corrected chi connectivity index (χ4v) is 7.21. The number of carbonyl (C=O) groups is 1. The zero-order chi connectivity index (χ0) is 23.0. The Morgan fingerprint density at radius 3 is 2.91 bits per heavy atom. The van der Waals surface area contributed by atoms with Gasteiger partial charge in [-0.2, -0.15) is 5.10 Å². The average Bonchev–Trinajstić information content (AvgIpc) is 3.53. The molecule has 5 rings (SSSR count). The van der Waals surface area contributed by atoms with E-state index in [1.165, 1.54) is 18.4 Å². The van der Waals surface area contributed by atoms with Gasteiger partial charge in [0.1, 0.15) is 0 Å². The number of rotatable bonds is 6. The first-order chi connectivity index (χ1) is 15.9. The van der Waals surface area contributed by atoms with Crippen LogP contribution in [0.25, 0.3) is 21.6 Å². The van der Waals surface area contributed by atoms with E-state index in [0.717, 1.165) is 24.1 Å². The lowest BCUT2D eigenvalue weighted by molar-refractivity contribution is 0.0955. The quantitative estimate of drug-likeness (QED) is 0.522. The number of aryl methyl sites for hydroxylation is 1. The molecule has 33 heavy (non-hydrogen) atoms. The van der Waals surface area contributed by atoms with E-state index < -0.39 is 9.84 Å². The van der Waals surface area contributed by atoms with Gasteiger partial charge in [0.15, 0.2) is 15.5 Å². The standard InChI is InChI=1S/C24H28N4O3S2/c1-16-22-19(24(29)25-11-9-17-6-3-2-4-7-17)14-20(21-8-5-12-32-21)26-23(22)28(27-16)18-10-13-33(30,31)15-18/h5-6,8,12,14,18H,2-4,7,9-11,13,15H2,1H3,(H,25,29)/t18-/m1/s1. The maximum absolute atomic E-state index is 13.3. The Labute approximate surface area is 197 Å². The number of carbonyl (C=O) groups excluding carboxylic acids is 1. The molecule has 3 aromatic heterocycles. The van der Waals surface area contributed by atoms with Gasteiger partial charge in [-0.1, -0.05) is 17.7 Å². The number of fused-ring (bicyclic) bond motifs is 1. The van der Waals surface area contributed by atoms with Gasteiger partial charge in [-0.25, -0.2) is 18.1 Å². The monoisotopic (exact) mass is 484 g/mol. The molecule has 0 spiro atoms. The Balaban J connectivity index is 1.51. The molecule has 3 aromatic rings. The van der Waals surface area contributed by atoms with Crippen LogP contribution in [0.3, 0.4) is 0 Å². The van der Waals surface area contributed by atoms with E-state index in [-0.39, 0.29) is 23.5 Å². The normalized spacial score (nSPS) is 20.2. The Hall–Kier alpha value is -2.52. The first-order valence-electron chi connectivity index (χ1n) is 11.5. The highest BCUT2D eigenvalue weighted by molar-refractivity contribution is 7.91. The van der Waals surface area contributed by atoms with Crippen molar-refractivity contribution < 1.29 is 13.2 Å². The summed E-state index contributed by atoms with van der Waals surface area (Å²) < 4.78 is 25.9. The van der Waals surface area contributed by atoms with Gasteiger partial charge in [0.25, 0.3) is 5.91 Å². The summed E-state index contributed by atoms with van der Waals surface area (Å²) in [6, 6.07) is 5.51. The van der Waals surface area contributed by atoms with E-state index in [0.29, 0.717) is 41.0 Å². The topological polar surface area (TPSA) is 93.9 Å². The van der Waals surface area contributed by atoms with Crippen molar-refractivity contribution in [3.63, 3.8) is 0 Å². The van der Waals surface area contributed by atoms with Crippen LogP contribution in [0.4, 0.5) is 0 Å². The number of hydrogen-bond donors (Lipinski definition) is 1. The van der Waals surface area contributed by atoms with Crippen molar-refractivity contribution in [3.05, 3.63) is 46.5 Å². The Bertz CT molecular complexity index is 1320. The third-order valence-corrected chi connectivity index (χ3v) is 9.17. The molecule has 1 amide bonds. The summed E-state index contributed by atoms with van der Waals surface area (Å²) in [5, 5.41) is 10.4. The highest BCUT2D eigenvalue weighted by Gasteiger charge is 2.32. The molecule has 0 aromatic carbocycles. The van der Waals surface area contributed by atoms with E-state index in [4.69, 9.17) is 4.98 Å². The fourth-order valence-electron chi connectivity index (χ4n) is 4.83. The Morgan fingerprint density at radius 1 is 1.33 bits per heavy atom. The molecule has 1 N–H and O–H groups in total. The van der Waals surface area contributed by atoms with Gasteiger partial charge in [-0.3, -0.25) is 4.79 Å². The van der Waals surface area contributed by atoms with Crippen molar-refractivity contribution in [1.29, 1.82) is 0 Å². The van der Waals surface area contributed by atoms with E-state index >= 15 is 0 Å². The fraction of sp³-hybridized carbons (Fsp3) is 0.458. The molecular weight excluding hydrogens is 456 g/mol. The molecule has 174 valence electrons. The number of amides is 1. The van der Waals surface area contributed by atoms with Crippen LogP contribution in [0.2, 0.25) is 0 Å². The number of allylic oxidation sites excluding steroid dienone is 1. The second kappa shape index (κ2) is 9.02. The van der Waals surface area contributed by atoms with Crippen LogP contribution in [0.5, 0.6) is 0 Å². The number of thiophene rings is 1. The van der Waals surface area contributed by atoms with Crippen LogP contribution in [-0.2, 0) is 9.84 Å². The number of nitrogens with one attached hydrogen (secondary N) is 1. The van der Waals surface area contributed by atoms with Gasteiger partial charge in [0.05, 0.1) is 44.8 Å². The zero-order valence-corrected chi connectivity index (χ0v) is 20.3. The van der Waals surface area contributed by atoms with Crippen LogP contribution in [0.15, 0.2) is 35.2 Å². The minimum Gasteiger partial charge on any atom is -0.352 e. The SMILES string of the molecule is Cc1nn([C@@H]2CCS(=O)(=O)C2)c2nc(-c3cccs3)cc(C(=O)NCCC3=CCCCC3)c12. The van der Waals surface area contributed by atoms with E-state index in [2.05, 4.69) is 16.5 Å². The molecule has 7 nitrogen and oxygen atoms in total. The van der Waals surface area contributed by atoms with Crippen LogP contribution in [0, 0.1) is 6.92 Å². The zero-order valence-electron chi connectivity index (χ0n) is 18.7. The number of nitrogens with zero attached hydrogens (tertiary/aromatic N) is 3. The average molecular weight is 485 g/mol. The van der Waals surface area contributed by atoms with Gasteiger partial charge < -0.3 is 5.32 Å². The van der Waals surface area contributed by atoms with Crippen molar-refractivity contribution in [2.45, 2.75) is 51.5 Å². The molecule has 1 fully saturated rings. The third-order valence-electron chi connectivity index (χ3n) is 6.53. The first-order valence-corrected chi connectivity index (χ1v) is 14.2. The van der Waals surface area contributed by atoms with Crippen LogP contribution < -0.4 is 5.32 Å². The molecule has 9 heteroatoms. The molecule has 0 saturated carbocycles. The maximum Gasteiger partial charge on any atom is 0.252 e. The molecular formula is C24H28N4O3S2. The van der Waals surface area contributed by atoms with E-state index in [1.54, 1.807) is 16.0 Å². The molecule has 2 aliphatic rings. The minimum absolute atomic E-state index is 0.0603. The number of pyridine rings is 1. The van der Waals surface area contributed by atoms with Crippen molar-refractivity contribution in [1.82, 2.24) is 20.1 Å². The second-order valence-corrected chi connectivity index (χ2v) is 12.1. The van der Waals surface area contributed by atoms with Gasteiger partial charge in [0, 0.05) is 6.54 Å². The molecule has 0 radical (unpaired) electrons. The lowest BCUT2D eigenvalue weighted by atomic mass is 9.97. The van der Waals surface area contributed by atoms with E-state index in [9.17, 15) is 13.2 Å². The van der Waals surface area contributed by atoms with Crippen molar-refractivity contribution >= 4 is 38.1 Å². The molecule has 1 aliphatic carbocycles. The summed E-state index contributed by atoms with van der Waals surface area (Å²) in [5.74, 6) is 0.0784. The van der Waals surface area contributed by atoms with Crippen LogP contribution in [-0.4, -0.2) is 47.1 Å². The van der Waals surface area contributed by atoms with Gasteiger partial charge in [0.2, 0.25) is 0 Å². The number of sulfone groups is 1. The first kappa shape index (κ1) is 22.3. The summed E-state index contributed by atoms with van der Waals surface area (Å²) in [7, 11) is -3.08. The van der Waals surface area contributed by atoms with Crippen LogP contribution >= 0.6 is 11.3 Å². The second-order valence-electron chi connectivity index (χ2n) is 8.93. The van der Waals surface area contributed by atoms with Crippen molar-refractivity contribution in [2.75, 3.05) is 18.1 Å². The molecule has 0 unspecified atom stereocenters. The molecule has 1 aliphatic heterocycles. The maximum atomic E-state index is 13.3. The van der Waals surface area contributed by atoms with Gasteiger partial charge in [-0.15, -0.1) is 11.3 Å². The van der Waals surface area contributed by atoms with Crippen molar-refractivity contribution in [2.24, 2.45) is 0 Å². The summed E-state index contributed by atoms with van der Waals surface area (Å²) in [5.41, 5.74) is 3.96. The van der Waals surface area contributed by atoms with Crippen molar-refractivity contribution in [3.8, 4) is 10.6 Å². The van der Waals surface area contributed by atoms with E-state index in [1.807, 2.05) is 30.5 Å². The van der Waals surface area contributed by atoms with Gasteiger partial charge in [-0.05, 0) is 63.0 Å². The lowest BCUT2D eigenvalue weighted by Gasteiger charge is -2.14. The summed E-state index contributed by atoms with van der Waals surface area (Å²) in [6.45, 7) is 2.45. The largest absolute Gasteiger partial charge is 0.352 e. The summed E-state index contributed by atoms with van der Waals surface area (Å²) in [6.07, 6.45) is 8.42. The minimum atomic E-state index is -3.08. The smallest absolute Gasteiger partial charge is 0.252 e. The number of hydrogen-bond acceptors (Lipinski definition) is 6. The Morgan fingerprint density at radius 2 is 2.21 bits per heavy atom. The Kier molecular flexibility index (Phi) is 6.09.